The molecule has 1 rings (SSSR count). The molecule has 4 amide bonds. The number of benzene rings is 1. The second kappa shape index (κ2) is 16.6. The van der Waals surface area contributed by atoms with Crippen LogP contribution in [0.4, 0.5) is 4.79 Å². The van der Waals surface area contributed by atoms with Crippen LogP contribution in [0.15, 0.2) is 24.3 Å². The Kier molecular flexibility index (Phi) is 14.4. The first kappa shape index (κ1) is 33.7. The molecule has 0 aliphatic heterocycles. The number of aromatic hydroxyl groups is 1. The Bertz CT molecular complexity index is 946. The van der Waals surface area contributed by atoms with Gasteiger partial charge in [-0.05, 0) is 64.7 Å². The van der Waals surface area contributed by atoms with Gasteiger partial charge in [0.15, 0.2) is 0 Å². The number of primary amides is 1. The first-order valence-corrected chi connectivity index (χ1v) is 14.0. The van der Waals surface area contributed by atoms with Crippen LogP contribution in [0.5, 0.6) is 5.75 Å². The number of phenols is 1. The number of unbranched alkanes of at least 4 members (excludes halogenated alkanes) is 3. The summed E-state index contributed by atoms with van der Waals surface area (Å²) in [6.07, 6.45) is 4.02. The zero-order valence-electron chi connectivity index (χ0n) is 24.4. The number of carbonyl (C=O) groups excluding carboxylic acids is 4. The summed E-state index contributed by atoms with van der Waals surface area (Å²) in [5.41, 5.74) is 4.99. The molecule has 0 saturated heterocycles. The van der Waals surface area contributed by atoms with Gasteiger partial charge in [-0.1, -0.05) is 51.7 Å². The third-order valence-corrected chi connectivity index (χ3v) is 6.06. The predicted octanol–water partition coefficient (Wildman–Crippen LogP) is 4.31. The van der Waals surface area contributed by atoms with Crippen molar-refractivity contribution in [3.8, 4) is 5.75 Å². The summed E-state index contributed by atoms with van der Waals surface area (Å²) in [4.78, 5) is 53.5. The highest BCUT2D eigenvalue weighted by molar-refractivity contribution is 5.92. The van der Waals surface area contributed by atoms with Gasteiger partial charge in [0.2, 0.25) is 17.7 Å². The molecule has 39 heavy (non-hydrogen) atoms. The lowest BCUT2D eigenvalue weighted by Crippen LogP contribution is -2.54. The molecule has 0 aliphatic carbocycles. The first-order valence-electron chi connectivity index (χ1n) is 14.0. The Morgan fingerprint density at radius 1 is 1.03 bits per heavy atom. The molecule has 10 nitrogen and oxygen atoms in total. The van der Waals surface area contributed by atoms with Gasteiger partial charge in [0.05, 0.1) is 0 Å². The Hall–Kier alpha value is -3.30. The van der Waals surface area contributed by atoms with Crippen molar-refractivity contribution in [1.29, 1.82) is 0 Å². The van der Waals surface area contributed by atoms with Crippen LogP contribution in [0.1, 0.15) is 105 Å². The molecule has 3 atom stereocenters. The zero-order valence-corrected chi connectivity index (χ0v) is 24.4. The minimum absolute atomic E-state index is 0.0394. The van der Waals surface area contributed by atoms with E-state index in [0.29, 0.717) is 12.0 Å². The van der Waals surface area contributed by atoms with Gasteiger partial charge in [0.25, 0.3) is 0 Å². The molecule has 5 N–H and O–H groups in total. The van der Waals surface area contributed by atoms with E-state index < -0.39 is 41.5 Å². The highest BCUT2D eigenvalue weighted by atomic mass is 16.6. The largest absolute Gasteiger partial charge is 0.508 e. The number of ether oxygens (including phenoxy) is 1. The summed E-state index contributed by atoms with van der Waals surface area (Å²) < 4.78 is 5.36. The van der Waals surface area contributed by atoms with Crippen LogP contribution in [-0.4, -0.2) is 58.1 Å². The van der Waals surface area contributed by atoms with Crippen LogP contribution in [-0.2, 0) is 19.1 Å². The molecule has 0 spiro atoms. The van der Waals surface area contributed by atoms with Crippen molar-refractivity contribution in [2.75, 3.05) is 6.54 Å². The SMILES string of the molecule is CCCCCCN(C(=O)C(CCC(N)=O)NC(=O)OC(C)(C)C)C(C(=O)NC(C)CCC)c1cccc(O)c1. The second-order valence-electron chi connectivity index (χ2n) is 11.0. The second-order valence-corrected chi connectivity index (χ2v) is 11.0. The molecule has 1 aromatic carbocycles. The summed E-state index contributed by atoms with van der Waals surface area (Å²) >= 11 is 0. The molecule has 0 aromatic heterocycles. The maximum Gasteiger partial charge on any atom is 0.408 e. The lowest BCUT2D eigenvalue weighted by molar-refractivity contribution is -0.143. The van der Waals surface area contributed by atoms with E-state index in [0.717, 1.165) is 32.1 Å². The number of carbonyl (C=O) groups is 4. The molecule has 0 aliphatic rings. The number of nitrogens with zero attached hydrogens (tertiary/aromatic N) is 1. The summed E-state index contributed by atoms with van der Waals surface area (Å²) in [5.74, 6) is -1.59. The molecule has 0 bridgehead atoms. The summed E-state index contributed by atoms with van der Waals surface area (Å²) in [5, 5.41) is 15.8. The van der Waals surface area contributed by atoms with E-state index >= 15 is 0 Å². The lowest BCUT2D eigenvalue weighted by Gasteiger charge is -2.35. The number of hydrogen-bond acceptors (Lipinski definition) is 6. The lowest BCUT2D eigenvalue weighted by atomic mass is 10.00. The van der Waals surface area contributed by atoms with Gasteiger partial charge in [-0.3, -0.25) is 14.4 Å². The van der Waals surface area contributed by atoms with Crippen molar-refractivity contribution < 1.29 is 29.0 Å². The molecule has 0 fully saturated rings. The Labute approximate surface area is 233 Å². The van der Waals surface area contributed by atoms with Gasteiger partial charge in [-0.25, -0.2) is 4.79 Å². The van der Waals surface area contributed by atoms with Crippen LogP contribution in [0, 0.1) is 0 Å². The summed E-state index contributed by atoms with van der Waals surface area (Å²) in [6.45, 7) is 11.3. The Morgan fingerprint density at radius 2 is 1.72 bits per heavy atom. The highest BCUT2D eigenvalue weighted by Crippen LogP contribution is 2.27. The predicted molar refractivity (Wildman–Crippen MR) is 151 cm³/mol. The van der Waals surface area contributed by atoms with E-state index in [1.807, 2.05) is 13.8 Å². The fraction of sp³-hybridized carbons (Fsp3) is 0.655. The summed E-state index contributed by atoms with van der Waals surface area (Å²) in [7, 11) is 0. The van der Waals surface area contributed by atoms with Crippen LogP contribution >= 0.6 is 0 Å². The number of alkyl carbamates (subject to hydrolysis) is 1. The molecule has 220 valence electrons. The fourth-order valence-corrected chi connectivity index (χ4v) is 4.26. The van der Waals surface area contributed by atoms with E-state index in [4.69, 9.17) is 10.5 Å². The number of rotatable bonds is 16. The monoisotopic (exact) mass is 548 g/mol. The topological polar surface area (TPSA) is 151 Å². The minimum Gasteiger partial charge on any atom is -0.508 e. The van der Waals surface area contributed by atoms with Crippen molar-refractivity contribution in [3.05, 3.63) is 29.8 Å². The first-order chi connectivity index (χ1) is 18.3. The number of phenolic OH excluding ortho intramolecular Hbond substituents is 1. The van der Waals surface area contributed by atoms with Crippen molar-refractivity contribution in [2.24, 2.45) is 5.73 Å². The molecule has 1 aromatic rings. The average molecular weight is 549 g/mol. The normalized spacial score (nSPS) is 13.6. The maximum absolute atomic E-state index is 14.1. The van der Waals surface area contributed by atoms with E-state index in [1.54, 1.807) is 32.9 Å². The third-order valence-electron chi connectivity index (χ3n) is 6.06. The Balaban J connectivity index is 3.51. The van der Waals surface area contributed by atoms with Crippen LogP contribution < -0.4 is 16.4 Å². The molecule has 3 unspecified atom stereocenters. The molecule has 0 heterocycles. The van der Waals surface area contributed by atoms with Crippen LogP contribution in [0.25, 0.3) is 0 Å². The van der Waals surface area contributed by atoms with E-state index in [-0.39, 0.29) is 31.2 Å². The molecule has 10 heteroatoms. The summed E-state index contributed by atoms with van der Waals surface area (Å²) in [6, 6.07) is 3.89. The Morgan fingerprint density at radius 3 is 2.28 bits per heavy atom. The molecular weight excluding hydrogens is 500 g/mol. The van der Waals surface area contributed by atoms with Gasteiger partial charge < -0.3 is 31.1 Å². The molecule has 0 radical (unpaired) electrons. The zero-order chi connectivity index (χ0) is 29.6. The van der Waals surface area contributed by atoms with E-state index in [9.17, 15) is 24.3 Å². The van der Waals surface area contributed by atoms with Crippen molar-refractivity contribution >= 4 is 23.8 Å². The quantitative estimate of drug-likeness (QED) is 0.226. The van der Waals surface area contributed by atoms with Gasteiger partial charge in [-0.2, -0.15) is 0 Å². The highest BCUT2D eigenvalue weighted by Gasteiger charge is 2.36. The number of amides is 4. The van der Waals surface area contributed by atoms with Gasteiger partial charge >= 0.3 is 6.09 Å². The van der Waals surface area contributed by atoms with Gasteiger partial charge in [-0.15, -0.1) is 0 Å². The molecule has 0 saturated carbocycles. The average Bonchev–Trinajstić information content (AvgIpc) is 2.82. The number of nitrogens with two attached hydrogens (primary N) is 1. The van der Waals surface area contributed by atoms with Crippen LogP contribution in [0.2, 0.25) is 0 Å². The maximum atomic E-state index is 14.1. The fourth-order valence-electron chi connectivity index (χ4n) is 4.26. The number of hydrogen-bond donors (Lipinski definition) is 4. The van der Waals surface area contributed by atoms with Crippen LogP contribution in [0.3, 0.4) is 0 Å². The van der Waals surface area contributed by atoms with E-state index in [2.05, 4.69) is 17.6 Å². The van der Waals surface area contributed by atoms with Crippen molar-refractivity contribution in [1.82, 2.24) is 15.5 Å². The van der Waals surface area contributed by atoms with Crippen molar-refractivity contribution in [3.63, 3.8) is 0 Å². The standard InChI is InChI=1S/C29H48N4O6/c1-7-9-10-11-18-33(27(37)23(16-17-24(30)35)32-28(38)39-29(4,5)6)25(21-14-12-15-22(34)19-21)26(36)31-20(3)13-8-2/h12,14-15,19-20,23,25,34H,7-11,13,16-18H2,1-6H3,(H2,30,35)(H,31,36)(H,32,38). The van der Waals surface area contributed by atoms with Gasteiger partial charge in [0, 0.05) is 19.0 Å². The smallest absolute Gasteiger partial charge is 0.408 e. The van der Waals surface area contributed by atoms with Crippen molar-refractivity contribution in [2.45, 2.75) is 117 Å². The minimum atomic E-state index is -1.15. The third kappa shape index (κ3) is 12.9. The van der Waals surface area contributed by atoms with Gasteiger partial charge in [0.1, 0.15) is 23.4 Å². The number of nitrogens with one attached hydrogen (secondary N) is 2. The van der Waals surface area contributed by atoms with E-state index in [1.165, 1.54) is 17.0 Å². The molecular formula is C29H48N4O6.